The number of hydrogen-bond donors (Lipinski definition) is 1. The minimum Gasteiger partial charge on any atom is -0.462 e. The molecule has 7 nitrogen and oxygen atoms in total. The van der Waals surface area contributed by atoms with E-state index in [-0.39, 0.29) is 23.6 Å². The highest BCUT2D eigenvalue weighted by atomic mass is 16.5. The molecule has 0 unspecified atom stereocenters. The summed E-state index contributed by atoms with van der Waals surface area (Å²) in [6.45, 7) is 3.47. The molecule has 4 aromatic rings. The van der Waals surface area contributed by atoms with Gasteiger partial charge in [0.1, 0.15) is 11.4 Å². The van der Waals surface area contributed by atoms with Crippen LogP contribution in [0, 0.1) is 0 Å². The largest absolute Gasteiger partial charge is 0.462 e. The number of nitrogens with zero attached hydrogens (tertiary/aromatic N) is 2. The third-order valence-electron chi connectivity index (χ3n) is 6.83. The number of carbonyl (C=O) groups is 1. The molecule has 2 aromatic carbocycles. The van der Waals surface area contributed by atoms with Crippen LogP contribution in [0.5, 0.6) is 0 Å². The fraction of sp³-hybridized carbons (Fsp3) is 0.276. The van der Waals surface area contributed by atoms with E-state index in [1.165, 1.54) is 5.56 Å². The predicted octanol–water partition coefficient (Wildman–Crippen LogP) is 5.22. The van der Waals surface area contributed by atoms with Gasteiger partial charge in [-0.25, -0.2) is 9.78 Å². The van der Waals surface area contributed by atoms with Crippen LogP contribution in [0.15, 0.2) is 65.7 Å². The molecule has 0 saturated heterocycles. The normalized spacial score (nSPS) is 14.6. The van der Waals surface area contributed by atoms with E-state index >= 15 is 0 Å². The lowest BCUT2D eigenvalue weighted by Gasteiger charge is -2.18. The van der Waals surface area contributed by atoms with E-state index in [1.807, 2.05) is 42.6 Å². The minimum absolute atomic E-state index is 0.0851. The van der Waals surface area contributed by atoms with Gasteiger partial charge in [-0.2, -0.15) is 0 Å². The second kappa shape index (κ2) is 9.24. The Bertz CT molecular complexity index is 1520. The van der Waals surface area contributed by atoms with Crippen molar-refractivity contribution in [3.63, 3.8) is 0 Å². The van der Waals surface area contributed by atoms with Crippen molar-refractivity contribution in [2.24, 2.45) is 0 Å². The molecule has 1 aliphatic carbocycles. The number of aromatic nitrogens is 2. The lowest BCUT2D eigenvalue weighted by Crippen LogP contribution is -2.21. The van der Waals surface area contributed by atoms with Crippen molar-refractivity contribution in [2.45, 2.75) is 45.6 Å². The molecule has 1 fully saturated rings. The van der Waals surface area contributed by atoms with Crippen LogP contribution in [0.25, 0.3) is 22.0 Å². The molecular weight excluding hydrogens is 454 g/mol. The third kappa shape index (κ3) is 4.05. The molecule has 1 saturated carbocycles. The molecule has 2 aliphatic rings. The molecule has 1 aliphatic heterocycles. The number of ether oxygens (including phenoxy) is 2. The second-order valence-corrected chi connectivity index (χ2v) is 9.28. The van der Waals surface area contributed by atoms with E-state index < -0.39 is 5.97 Å². The predicted molar refractivity (Wildman–Crippen MR) is 138 cm³/mol. The van der Waals surface area contributed by atoms with Crippen molar-refractivity contribution in [1.29, 1.82) is 0 Å². The van der Waals surface area contributed by atoms with Crippen LogP contribution < -0.4 is 10.7 Å². The number of fused-ring (bicyclic) bond motifs is 5. The van der Waals surface area contributed by atoms with E-state index in [1.54, 1.807) is 13.1 Å². The zero-order valence-corrected chi connectivity index (χ0v) is 20.1. The van der Waals surface area contributed by atoms with Crippen molar-refractivity contribution >= 4 is 22.7 Å². The van der Waals surface area contributed by atoms with Gasteiger partial charge < -0.3 is 19.4 Å². The number of anilines is 1. The molecule has 2 aromatic heterocycles. The minimum atomic E-state index is -0.574. The molecule has 0 spiro atoms. The van der Waals surface area contributed by atoms with Gasteiger partial charge in [0.15, 0.2) is 0 Å². The molecule has 0 radical (unpaired) electrons. The quantitative estimate of drug-likeness (QED) is 0.381. The molecule has 36 heavy (non-hydrogen) atoms. The van der Waals surface area contributed by atoms with Crippen molar-refractivity contribution in [1.82, 2.24) is 9.55 Å². The first kappa shape index (κ1) is 22.5. The highest BCUT2D eigenvalue weighted by Crippen LogP contribution is 2.41. The van der Waals surface area contributed by atoms with Crippen LogP contribution in [0.2, 0.25) is 0 Å². The Morgan fingerprint density at radius 3 is 2.75 bits per heavy atom. The van der Waals surface area contributed by atoms with Gasteiger partial charge in [0.05, 0.1) is 25.3 Å². The van der Waals surface area contributed by atoms with Crippen molar-refractivity contribution in [3.8, 4) is 11.1 Å². The summed E-state index contributed by atoms with van der Waals surface area (Å²) in [4.78, 5) is 30.5. The Morgan fingerprint density at radius 1 is 1.14 bits per heavy atom. The summed E-state index contributed by atoms with van der Waals surface area (Å²) in [5, 5.41) is 3.92. The maximum atomic E-state index is 13.3. The number of benzene rings is 2. The smallest absolute Gasteiger partial charge is 0.343 e. The zero-order valence-electron chi connectivity index (χ0n) is 20.1. The van der Waals surface area contributed by atoms with Gasteiger partial charge >= 0.3 is 5.97 Å². The van der Waals surface area contributed by atoms with Crippen LogP contribution in [-0.2, 0) is 29.2 Å². The number of esters is 1. The van der Waals surface area contributed by atoms with Crippen molar-refractivity contribution < 1.29 is 14.3 Å². The van der Waals surface area contributed by atoms with Gasteiger partial charge in [-0.1, -0.05) is 36.4 Å². The molecule has 3 heterocycles. The highest BCUT2D eigenvalue weighted by molar-refractivity contribution is 5.96. The Balaban J connectivity index is 1.43. The fourth-order valence-corrected chi connectivity index (χ4v) is 4.92. The fourth-order valence-electron chi connectivity index (χ4n) is 4.92. The number of hydrogen-bond acceptors (Lipinski definition) is 6. The van der Waals surface area contributed by atoms with E-state index in [4.69, 9.17) is 9.47 Å². The van der Waals surface area contributed by atoms with Crippen LogP contribution in [0.4, 0.5) is 5.82 Å². The first-order chi connectivity index (χ1) is 17.6. The molecule has 7 heteroatoms. The van der Waals surface area contributed by atoms with Gasteiger partial charge in [0.2, 0.25) is 5.43 Å². The van der Waals surface area contributed by atoms with Gasteiger partial charge in [-0.15, -0.1) is 0 Å². The third-order valence-corrected chi connectivity index (χ3v) is 6.83. The number of nitrogens with one attached hydrogen (secondary N) is 1. The number of rotatable bonds is 6. The van der Waals surface area contributed by atoms with E-state index in [9.17, 15) is 9.59 Å². The summed E-state index contributed by atoms with van der Waals surface area (Å²) in [7, 11) is 0. The van der Waals surface area contributed by atoms with Crippen LogP contribution >= 0.6 is 0 Å². The first-order valence-electron chi connectivity index (χ1n) is 12.4. The Hall–Kier alpha value is -3.97. The van der Waals surface area contributed by atoms with Crippen LogP contribution in [0.3, 0.4) is 0 Å². The molecule has 0 amide bonds. The SMILES string of the molecule is CCOC(=O)c1cn(C2CC2)c2c3c(ccc2c1=O)-c1cnc(NCc2ccccc2)cc1COC3. The summed E-state index contributed by atoms with van der Waals surface area (Å²) < 4.78 is 13.4. The van der Waals surface area contributed by atoms with Gasteiger partial charge in [0.25, 0.3) is 0 Å². The molecular formula is C29H27N3O4. The Kier molecular flexibility index (Phi) is 5.77. The topological polar surface area (TPSA) is 82.5 Å². The standard InChI is InChI=1S/C29H27N3O4/c1-2-36-29(34)24-15-32(20-8-9-20)27-22(28(24)33)11-10-21-23-14-31-26(12-19(23)16-35-17-25(21)27)30-13-18-6-4-3-5-7-18/h3-7,10-12,14-15,20H,2,8-9,13,16-17H2,1H3,(H,30,31). The number of carbonyl (C=O) groups excluding carboxylic acids is 1. The van der Waals surface area contributed by atoms with E-state index in [0.29, 0.717) is 25.1 Å². The number of pyridine rings is 2. The highest BCUT2D eigenvalue weighted by Gasteiger charge is 2.30. The zero-order chi connectivity index (χ0) is 24.6. The molecule has 1 N–H and O–H groups in total. The summed E-state index contributed by atoms with van der Waals surface area (Å²) in [6, 6.07) is 16.3. The van der Waals surface area contributed by atoms with Gasteiger partial charge in [-0.3, -0.25) is 4.79 Å². The first-order valence-corrected chi connectivity index (χ1v) is 12.4. The summed E-state index contributed by atoms with van der Waals surface area (Å²) in [5.74, 6) is 0.217. The average Bonchev–Trinajstić information content (AvgIpc) is 3.75. The average molecular weight is 482 g/mol. The summed E-state index contributed by atoms with van der Waals surface area (Å²) >= 11 is 0. The van der Waals surface area contributed by atoms with E-state index in [2.05, 4.69) is 27.0 Å². The molecule has 0 bridgehead atoms. The van der Waals surface area contributed by atoms with Crippen LogP contribution in [0.1, 0.15) is 52.9 Å². The maximum Gasteiger partial charge on any atom is 0.343 e. The Morgan fingerprint density at radius 2 is 1.97 bits per heavy atom. The monoisotopic (exact) mass is 481 g/mol. The summed E-state index contributed by atoms with van der Waals surface area (Å²) in [5.41, 5.74) is 5.82. The Labute approximate surface area is 208 Å². The van der Waals surface area contributed by atoms with Crippen molar-refractivity contribution in [2.75, 3.05) is 11.9 Å². The summed E-state index contributed by atoms with van der Waals surface area (Å²) in [6.07, 6.45) is 5.59. The second-order valence-electron chi connectivity index (χ2n) is 9.28. The van der Waals surface area contributed by atoms with Gasteiger partial charge in [-0.05, 0) is 48.6 Å². The molecule has 6 rings (SSSR count). The van der Waals surface area contributed by atoms with Crippen molar-refractivity contribution in [3.05, 3.63) is 93.4 Å². The maximum absolute atomic E-state index is 13.3. The molecule has 0 atom stereocenters. The van der Waals surface area contributed by atoms with E-state index in [0.717, 1.165) is 46.4 Å². The van der Waals surface area contributed by atoms with Crippen LogP contribution in [-0.4, -0.2) is 22.1 Å². The lowest BCUT2D eigenvalue weighted by atomic mass is 9.95. The lowest BCUT2D eigenvalue weighted by molar-refractivity contribution is 0.0524. The molecule has 182 valence electrons. The van der Waals surface area contributed by atoms with Gasteiger partial charge in [0, 0.05) is 41.5 Å².